The standard InChI is InChI=1S/C40H34N6O7/c1-21(48)45(24-14-15-26-23(17-24)16-22-8-2-3-9-25(22)26)39-42-35-36(46(39)34-18-32(49)33(19-47)52-34)43-38(41)44-37(35)53-40(50)51-20-31-29-12-6-4-10-27(29)28-11-5-7-13-30(28)31/h2-15,17,31-34,47,49H,16,18-20H2,1H3,(H2,41,43,44)/t32-,33+,34+/m0/s1. The number of anilines is 3. The third-order valence-electron chi connectivity index (χ3n) is 10.2. The number of imidazole rings is 1. The second-order valence-electron chi connectivity index (χ2n) is 13.4. The van der Waals surface area contributed by atoms with E-state index in [1.807, 2.05) is 78.9 Å². The second kappa shape index (κ2) is 12.8. The molecule has 4 aromatic carbocycles. The lowest BCUT2D eigenvalue weighted by Crippen LogP contribution is -2.28. The SMILES string of the molecule is CC(=O)N(c1ccc2c(c1)Cc1ccccc1-2)c1nc2c(OC(=O)OCC3c4ccccc4-c4ccccc43)nc(N)nc2n1[C@H]1C[C@H](O)[C@@H](CO)O1. The van der Waals surface area contributed by atoms with Crippen LogP contribution < -0.4 is 15.4 Å². The highest BCUT2D eigenvalue weighted by Gasteiger charge is 2.39. The van der Waals surface area contributed by atoms with Crippen LogP contribution in [-0.4, -0.2) is 67.2 Å². The number of benzene rings is 4. The van der Waals surface area contributed by atoms with Crippen LogP contribution in [0.5, 0.6) is 5.88 Å². The van der Waals surface area contributed by atoms with Crippen LogP contribution in [0.4, 0.5) is 22.4 Å². The first-order valence-electron chi connectivity index (χ1n) is 17.3. The van der Waals surface area contributed by atoms with Crippen molar-refractivity contribution in [3.63, 3.8) is 0 Å². The quantitative estimate of drug-likeness (QED) is 0.175. The average molecular weight is 711 g/mol. The highest BCUT2D eigenvalue weighted by Crippen LogP contribution is 2.45. The summed E-state index contributed by atoms with van der Waals surface area (Å²) in [6.45, 7) is 0.975. The topological polar surface area (TPSA) is 175 Å². The van der Waals surface area contributed by atoms with Gasteiger partial charge in [0.25, 0.3) is 5.88 Å². The third kappa shape index (κ3) is 5.48. The molecule has 4 N–H and O–H groups in total. The first-order chi connectivity index (χ1) is 25.8. The number of aliphatic hydroxyl groups is 2. The van der Waals surface area contributed by atoms with E-state index in [0.29, 0.717) is 12.1 Å². The molecule has 3 heterocycles. The monoisotopic (exact) mass is 710 g/mol. The van der Waals surface area contributed by atoms with Crippen molar-refractivity contribution in [2.24, 2.45) is 0 Å². The Kier molecular flexibility index (Phi) is 7.91. The minimum absolute atomic E-state index is 0.00687. The van der Waals surface area contributed by atoms with E-state index in [1.54, 1.807) is 0 Å². The van der Waals surface area contributed by atoms with Gasteiger partial charge in [-0.3, -0.25) is 14.3 Å². The van der Waals surface area contributed by atoms with E-state index in [2.05, 4.69) is 22.1 Å². The molecular weight excluding hydrogens is 676 g/mol. The summed E-state index contributed by atoms with van der Waals surface area (Å²) >= 11 is 0. The zero-order chi connectivity index (χ0) is 36.4. The van der Waals surface area contributed by atoms with Gasteiger partial charge in [0.1, 0.15) is 18.9 Å². The maximum Gasteiger partial charge on any atom is 0.515 e. The van der Waals surface area contributed by atoms with Gasteiger partial charge in [-0.25, -0.2) is 9.78 Å². The van der Waals surface area contributed by atoms with Crippen LogP contribution in [0.2, 0.25) is 0 Å². The number of nitrogens with two attached hydrogens (primary N) is 1. The van der Waals surface area contributed by atoms with E-state index in [4.69, 9.17) is 24.9 Å². The molecule has 1 aliphatic heterocycles. The van der Waals surface area contributed by atoms with E-state index in [9.17, 15) is 19.8 Å². The summed E-state index contributed by atoms with van der Waals surface area (Å²) in [7, 11) is 0. The lowest BCUT2D eigenvalue weighted by atomic mass is 9.98. The molecule has 13 heteroatoms. The number of nitrogens with zero attached hydrogens (tertiary/aromatic N) is 5. The molecule has 2 aromatic heterocycles. The first-order valence-corrected chi connectivity index (χ1v) is 17.3. The maximum absolute atomic E-state index is 13.6. The molecule has 6 aromatic rings. The van der Waals surface area contributed by atoms with Crippen LogP contribution in [0, 0.1) is 0 Å². The zero-order valence-electron chi connectivity index (χ0n) is 28.5. The fourth-order valence-corrected chi connectivity index (χ4v) is 7.89. The lowest BCUT2D eigenvalue weighted by Gasteiger charge is -2.24. The summed E-state index contributed by atoms with van der Waals surface area (Å²) < 4.78 is 18.9. The minimum Gasteiger partial charge on any atom is -0.433 e. The molecule has 53 heavy (non-hydrogen) atoms. The van der Waals surface area contributed by atoms with Crippen LogP contribution in [0.25, 0.3) is 33.4 Å². The maximum atomic E-state index is 13.6. The van der Waals surface area contributed by atoms with Crippen molar-refractivity contribution in [2.45, 2.75) is 44.1 Å². The Bertz CT molecular complexity index is 2400. The fraction of sp³-hybridized carbons (Fsp3) is 0.225. The molecule has 3 aliphatic rings. The first kappa shape index (κ1) is 32.7. The summed E-state index contributed by atoms with van der Waals surface area (Å²) in [6.07, 6.45) is -3.14. The van der Waals surface area contributed by atoms with Gasteiger partial charge in [0.15, 0.2) is 11.2 Å². The molecule has 0 bridgehead atoms. The number of hydrogen-bond acceptors (Lipinski definition) is 11. The van der Waals surface area contributed by atoms with Gasteiger partial charge in [0.2, 0.25) is 17.8 Å². The summed E-state index contributed by atoms with van der Waals surface area (Å²) in [5.74, 6) is -1.04. The minimum atomic E-state index is -1.03. The third-order valence-corrected chi connectivity index (χ3v) is 10.2. The smallest absolute Gasteiger partial charge is 0.433 e. The number of amides is 1. The van der Waals surface area contributed by atoms with E-state index >= 15 is 0 Å². The largest absolute Gasteiger partial charge is 0.515 e. The van der Waals surface area contributed by atoms with Crippen LogP contribution in [0.3, 0.4) is 0 Å². The highest BCUT2D eigenvalue weighted by molar-refractivity contribution is 6.00. The van der Waals surface area contributed by atoms with Gasteiger partial charge >= 0.3 is 6.16 Å². The van der Waals surface area contributed by atoms with Gasteiger partial charge in [0.05, 0.1) is 18.4 Å². The Morgan fingerprint density at radius 2 is 1.58 bits per heavy atom. The molecule has 266 valence electrons. The molecule has 3 atom stereocenters. The summed E-state index contributed by atoms with van der Waals surface area (Å²) in [4.78, 5) is 41.8. The fourth-order valence-electron chi connectivity index (χ4n) is 7.89. The molecule has 1 amide bonds. The Hall–Kier alpha value is -6.15. The molecule has 0 saturated carbocycles. The van der Waals surface area contributed by atoms with E-state index in [1.165, 1.54) is 22.0 Å². The van der Waals surface area contributed by atoms with Crippen LogP contribution >= 0.6 is 0 Å². The van der Waals surface area contributed by atoms with Crippen LogP contribution in [0.1, 0.15) is 47.7 Å². The predicted molar refractivity (Wildman–Crippen MR) is 195 cm³/mol. The molecule has 2 aliphatic carbocycles. The van der Waals surface area contributed by atoms with Crippen molar-refractivity contribution >= 4 is 40.8 Å². The number of aliphatic hydroxyl groups excluding tert-OH is 2. The highest BCUT2D eigenvalue weighted by atomic mass is 16.7. The molecule has 0 radical (unpaired) electrons. The number of carbonyl (C=O) groups excluding carboxylic acids is 2. The van der Waals surface area contributed by atoms with Crippen molar-refractivity contribution < 1.29 is 34.0 Å². The lowest BCUT2D eigenvalue weighted by molar-refractivity contribution is -0.116. The van der Waals surface area contributed by atoms with Crippen molar-refractivity contribution in [3.05, 3.63) is 113 Å². The van der Waals surface area contributed by atoms with Gasteiger partial charge < -0.3 is 30.2 Å². The Balaban J connectivity index is 1.08. The van der Waals surface area contributed by atoms with Gasteiger partial charge in [-0.1, -0.05) is 78.9 Å². The van der Waals surface area contributed by atoms with Gasteiger partial charge in [0, 0.05) is 19.3 Å². The number of aromatic nitrogens is 4. The van der Waals surface area contributed by atoms with Gasteiger partial charge in [-0.05, 0) is 63.1 Å². The van der Waals surface area contributed by atoms with E-state index in [0.717, 1.165) is 38.9 Å². The molecule has 0 spiro atoms. The normalized spacial score (nSPS) is 18.4. The number of nitrogen functional groups attached to an aromatic ring is 1. The number of fused-ring (bicyclic) bond motifs is 7. The Labute approximate surface area is 303 Å². The molecule has 1 saturated heterocycles. The number of ether oxygens (including phenoxy) is 3. The van der Waals surface area contributed by atoms with Gasteiger partial charge in [-0.15, -0.1) is 0 Å². The number of hydrogen-bond donors (Lipinski definition) is 3. The van der Waals surface area contributed by atoms with Crippen molar-refractivity contribution in [1.29, 1.82) is 0 Å². The molecule has 13 nitrogen and oxygen atoms in total. The summed E-state index contributed by atoms with van der Waals surface area (Å²) in [5.41, 5.74) is 15.5. The zero-order valence-corrected chi connectivity index (χ0v) is 28.5. The molecule has 9 rings (SSSR count). The van der Waals surface area contributed by atoms with Crippen molar-refractivity contribution in [1.82, 2.24) is 19.5 Å². The van der Waals surface area contributed by atoms with Crippen molar-refractivity contribution in [2.75, 3.05) is 23.8 Å². The predicted octanol–water partition coefficient (Wildman–Crippen LogP) is 5.63. The number of carbonyl (C=O) groups is 2. The van der Waals surface area contributed by atoms with E-state index in [-0.39, 0.29) is 53.8 Å². The van der Waals surface area contributed by atoms with E-state index < -0.39 is 31.2 Å². The second-order valence-corrected chi connectivity index (χ2v) is 13.4. The van der Waals surface area contributed by atoms with Crippen molar-refractivity contribution in [3.8, 4) is 28.1 Å². The molecular formula is C40H34N6O7. The van der Waals surface area contributed by atoms with Crippen LogP contribution in [0.15, 0.2) is 91.0 Å². The Morgan fingerprint density at radius 1 is 0.906 bits per heavy atom. The molecule has 0 unspecified atom stereocenters. The summed E-state index contributed by atoms with van der Waals surface area (Å²) in [6, 6.07) is 29.9. The molecule has 1 fully saturated rings. The van der Waals surface area contributed by atoms with Gasteiger partial charge in [-0.2, -0.15) is 9.97 Å². The summed E-state index contributed by atoms with van der Waals surface area (Å²) in [5, 5.41) is 20.6. The average Bonchev–Trinajstić information content (AvgIpc) is 3.90. The Morgan fingerprint density at radius 3 is 2.28 bits per heavy atom. The van der Waals surface area contributed by atoms with Crippen LogP contribution in [-0.2, 0) is 20.7 Å². The number of rotatable bonds is 7.